The predicted octanol–water partition coefficient (Wildman–Crippen LogP) is 5.08. The van der Waals surface area contributed by atoms with Crippen LogP contribution in [0.2, 0.25) is 0 Å². The highest BCUT2D eigenvalue weighted by molar-refractivity contribution is 7.89. The van der Waals surface area contributed by atoms with Gasteiger partial charge in [0.25, 0.3) is 11.4 Å². The fourth-order valence-electron chi connectivity index (χ4n) is 5.66. The Kier molecular flexibility index (Phi) is 11.7. The molecule has 0 fully saturated rings. The van der Waals surface area contributed by atoms with Crippen molar-refractivity contribution in [3.63, 3.8) is 0 Å². The van der Waals surface area contributed by atoms with Gasteiger partial charge in [-0.05, 0) is 62.9 Å². The van der Waals surface area contributed by atoms with E-state index < -0.39 is 76.6 Å². The van der Waals surface area contributed by atoms with E-state index in [0.29, 0.717) is 18.9 Å². The summed E-state index contributed by atoms with van der Waals surface area (Å²) in [6.45, 7) is 9.74. The molecule has 18 nitrogen and oxygen atoms in total. The molecule has 0 aliphatic carbocycles. The first kappa shape index (κ1) is 40.4. The number of hydrogen-bond acceptors (Lipinski definition) is 14. The van der Waals surface area contributed by atoms with E-state index in [0.717, 1.165) is 39.9 Å². The van der Waals surface area contributed by atoms with Gasteiger partial charge < -0.3 is 18.4 Å². The van der Waals surface area contributed by atoms with Crippen molar-refractivity contribution in [2.24, 2.45) is 0 Å². The Morgan fingerprint density at radius 3 is 2.30 bits per heavy atom. The van der Waals surface area contributed by atoms with E-state index in [2.05, 4.69) is 6.58 Å². The van der Waals surface area contributed by atoms with E-state index in [1.54, 1.807) is 20.8 Å². The average molecular weight is 779 g/mol. The third-order valence-corrected chi connectivity index (χ3v) is 10.4. The lowest BCUT2D eigenvalue weighted by Gasteiger charge is -2.25. The van der Waals surface area contributed by atoms with Crippen molar-refractivity contribution in [1.82, 2.24) is 8.87 Å². The number of carbonyl (C=O) groups excluding carboxylic acids is 2. The van der Waals surface area contributed by atoms with Gasteiger partial charge in [0.2, 0.25) is 10.0 Å². The van der Waals surface area contributed by atoms with Gasteiger partial charge in [-0.3, -0.25) is 20.2 Å². The van der Waals surface area contributed by atoms with Gasteiger partial charge in [0.15, 0.2) is 4.90 Å². The van der Waals surface area contributed by atoms with Gasteiger partial charge in [-0.15, -0.1) is 0 Å². The maximum Gasteiger partial charge on any atom is 0.419 e. The lowest BCUT2D eigenvalue weighted by Crippen LogP contribution is -2.39. The largest absolute Gasteiger partial charge is 0.496 e. The molecule has 1 aliphatic rings. The Hall–Kier alpha value is -5.34. The van der Waals surface area contributed by atoms with E-state index in [1.165, 1.54) is 24.5 Å². The maximum atomic E-state index is 14.3. The topological polar surface area (TPSA) is 234 Å². The molecule has 3 aromatic rings. The first-order chi connectivity index (χ1) is 24.6. The summed E-state index contributed by atoms with van der Waals surface area (Å²) in [6, 6.07) is 6.08. The van der Waals surface area contributed by atoms with Crippen molar-refractivity contribution in [2.45, 2.75) is 63.6 Å². The number of ether oxygens (including phenoxy) is 3. The van der Waals surface area contributed by atoms with Gasteiger partial charge in [-0.25, -0.2) is 22.6 Å². The van der Waals surface area contributed by atoms with E-state index in [4.69, 9.17) is 18.4 Å². The summed E-state index contributed by atoms with van der Waals surface area (Å²) in [4.78, 5) is 47.5. The maximum absolute atomic E-state index is 14.3. The van der Waals surface area contributed by atoms with Gasteiger partial charge in [0.1, 0.15) is 17.5 Å². The fourth-order valence-corrected chi connectivity index (χ4v) is 7.72. The zero-order valence-corrected chi connectivity index (χ0v) is 31.3. The van der Waals surface area contributed by atoms with E-state index in [-0.39, 0.29) is 46.4 Å². The lowest BCUT2D eigenvalue weighted by atomic mass is 10.0. The Morgan fingerprint density at radius 2 is 1.75 bits per heavy atom. The van der Waals surface area contributed by atoms with Crippen LogP contribution in [0.1, 0.15) is 51.8 Å². The molecule has 0 amide bonds. The molecule has 286 valence electrons. The van der Waals surface area contributed by atoms with Gasteiger partial charge in [-0.1, -0.05) is 13.5 Å². The third-order valence-electron chi connectivity index (χ3n) is 7.94. The van der Waals surface area contributed by atoms with Crippen molar-refractivity contribution >= 4 is 60.1 Å². The van der Waals surface area contributed by atoms with Gasteiger partial charge >= 0.3 is 22.2 Å². The number of nitrogens with zero attached hydrogens (tertiary/aromatic N) is 4. The number of fused-ring (bicyclic) bond motifs is 1. The van der Waals surface area contributed by atoms with Crippen LogP contribution in [-0.4, -0.2) is 85.8 Å². The lowest BCUT2D eigenvalue weighted by molar-refractivity contribution is -0.396. The molecular formula is C33H38N4O14S2. The molecule has 2 aromatic carbocycles. The zero-order chi connectivity index (χ0) is 39.6. The highest BCUT2D eigenvalue weighted by Gasteiger charge is 2.37. The molecule has 1 aromatic heterocycles. The second kappa shape index (κ2) is 15.3. The number of hydrogen-bond donors (Lipinski definition) is 0. The third kappa shape index (κ3) is 9.18. The second-order valence-electron chi connectivity index (χ2n) is 13.0. The van der Waals surface area contributed by atoms with Gasteiger partial charge in [0.05, 0.1) is 58.9 Å². The summed E-state index contributed by atoms with van der Waals surface area (Å²) in [5.74, 6) is -1.16. The minimum atomic E-state index is -4.80. The average Bonchev–Trinajstić information content (AvgIpc) is 3.65. The fraction of sp³-hybridized carbons (Fsp3) is 0.394. The Labute approximate surface area is 305 Å². The number of non-ortho nitro benzene ring substituents is 1. The Morgan fingerprint density at radius 1 is 1.08 bits per heavy atom. The van der Waals surface area contributed by atoms with Crippen LogP contribution in [0.4, 0.5) is 16.2 Å². The molecule has 0 radical (unpaired) electrons. The molecule has 53 heavy (non-hydrogen) atoms. The standard InChI is InChI=1S/C33H38N4O14S2/c1-8-21-15-24(49-19-21)18-34(53(46,47)29-12-9-22(36(40)41)16-28(29)37(42)43)14-13-26-25-11-10-23(51-52(7,44)45)17-27(25)35(32(39)50-33(3,4)5)30(26)20(2)31(38)48-6/h9-12,16-17,19,24H,2,8,13-15,18H2,1,3-7H3/t24-/m0/s1. The predicted molar refractivity (Wildman–Crippen MR) is 190 cm³/mol. The Balaban J connectivity index is 1.94. The molecule has 4 rings (SSSR count). The van der Waals surface area contributed by atoms with Crippen LogP contribution in [0.25, 0.3) is 16.5 Å². The number of aromatic nitrogens is 1. The van der Waals surface area contributed by atoms with Crippen molar-refractivity contribution in [2.75, 3.05) is 26.5 Å². The number of nitro groups is 2. The van der Waals surface area contributed by atoms with Crippen LogP contribution in [-0.2, 0) is 45.6 Å². The molecule has 2 heterocycles. The van der Waals surface area contributed by atoms with Crippen molar-refractivity contribution in [3.05, 3.63) is 86.3 Å². The molecule has 0 N–H and O–H groups in total. The van der Waals surface area contributed by atoms with Crippen LogP contribution in [0.5, 0.6) is 5.75 Å². The minimum absolute atomic E-state index is 0.00628. The summed E-state index contributed by atoms with van der Waals surface area (Å²) in [5.41, 5.74) is -2.21. The van der Waals surface area contributed by atoms with Crippen molar-refractivity contribution < 1.29 is 54.7 Å². The normalized spacial score (nSPS) is 14.8. The molecule has 1 atom stereocenters. The molecule has 0 bridgehead atoms. The van der Waals surface area contributed by atoms with Crippen LogP contribution < -0.4 is 4.18 Å². The first-order valence-corrected chi connectivity index (χ1v) is 19.2. The van der Waals surface area contributed by atoms with E-state index in [9.17, 15) is 46.7 Å². The van der Waals surface area contributed by atoms with Crippen LogP contribution >= 0.6 is 0 Å². The second-order valence-corrected chi connectivity index (χ2v) is 16.4. The number of rotatable bonds is 14. The molecule has 0 unspecified atom stereocenters. The molecular weight excluding hydrogens is 741 g/mol. The smallest absolute Gasteiger partial charge is 0.419 e. The number of sulfonamides is 1. The van der Waals surface area contributed by atoms with Crippen molar-refractivity contribution in [1.29, 1.82) is 0 Å². The summed E-state index contributed by atoms with van der Waals surface area (Å²) in [5, 5.41) is 23.7. The highest BCUT2D eigenvalue weighted by Crippen LogP contribution is 2.37. The summed E-state index contributed by atoms with van der Waals surface area (Å²) < 4.78 is 75.8. The van der Waals surface area contributed by atoms with Crippen molar-refractivity contribution in [3.8, 4) is 5.75 Å². The minimum Gasteiger partial charge on any atom is -0.496 e. The van der Waals surface area contributed by atoms with E-state index >= 15 is 0 Å². The summed E-state index contributed by atoms with van der Waals surface area (Å²) in [7, 11) is -7.76. The number of methoxy groups -OCH3 is 1. The number of esters is 1. The monoisotopic (exact) mass is 778 g/mol. The highest BCUT2D eigenvalue weighted by atomic mass is 32.2. The van der Waals surface area contributed by atoms with Crippen LogP contribution in [0.3, 0.4) is 0 Å². The molecule has 0 saturated carbocycles. The zero-order valence-electron chi connectivity index (χ0n) is 29.7. The molecule has 0 spiro atoms. The van der Waals surface area contributed by atoms with Gasteiger partial charge in [0, 0.05) is 30.5 Å². The molecule has 20 heteroatoms. The van der Waals surface area contributed by atoms with Gasteiger partial charge in [-0.2, -0.15) is 12.7 Å². The number of carbonyl (C=O) groups is 2. The van der Waals surface area contributed by atoms with Crippen LogP contribution in [0.15, 0.2) is 59.7 Å². The summed E-state index contributed by atoms with van der Waals surface area (Å²) in [6.07, 6.45) is 1.30. The molecule has 1 aliphatic heterocycles. The molecule has 0 saturated heterocycles. The Bertz CT molecular complexity index is 2250. The van der Waals surface area contributed by atoms with Crippen LogP contribution in [0, 0.1) is 20.2 Å². The number of benzene rings is 2. The SMILES string of the molecule is C=C(C(=O)OC)c1c(CCN(C[C@@H]2CC(CC)=CO2)S(=O)(=O)c2ccc([N+](=O)[O-])cc2[N+](=O)[O-])c2ccc(OS(C)(=O)=O)cc2n1C(=O)OC(C)(C)C. The first-order valence-electron chi connectivity index (χ1n) is 15.9. The quantitative estimate of drug-likeness (QED) is 0.0683. The van der Waals surface area contributed by atoms with E-state index in [1.807, 2.05) is 6.92 Å². The number of nitro benzene ring substituents is 2. The summed E-state index contributed by atoms with van der Waals surface area (Å²) >= 11 is 0.